The number of oxazole rings is 1. The van der Waals surface area contributed by atoms with Gasteiger partial charge in [-0.3, -0.25) is 9.69 Å². The fourth-order valence-corrected chi connectivity index (χ4v) is 4.12. The van der Waals surface area contributed by atoms with Crippen molar-refractivity contribution in [3.05, 3.63) is 47.7 Å². The second kappa shape index (κ2) is 9.41. The van der Waals surface area contributed by atoms with E-state index in [0.717, 1.165) is 56.0 Å². The second-order valence-electron chi connectivity index (χ2n) is 7.64. The van der Waals surface area contributed by atoms with Gasteiger partial charge in [0.25, 0.3) is 0 Å². The molecule has 3 heterocycles. The minimum atomic E-state index is -0.0799. The summed E-state index contributed by atoms with van der Waals surface area (Å²) in [4.78, 5) is 21.6. The number of hydrogen-bond donors (Lipinski definition) is 0. The van der Waals surface area contributed by atoms with E-state index >= 15 is 0 Å². The summed E-state index contributed by atoms with van der Waals surface area (Å²) in [6.45, 7) is 4.22. The predicted octanol–water partition coefficient (Wildman–Crippen LogP) is 2.66. The molecule has 0 radical (unpaired) electrons. The molecular formula is C22H29N3O4. The fraction of sp³-hybridized carbons (Fsp3) is 0.545. The number of methoxy groups -OCH3 is 1. The van der Waals surface area contributed by atoms with E-state index in [2.05, 4.69) is 9.88 Å². The zero-order valence-electron chi connectivity index (χ0n) is 17.0. The average Bonchev–Trinajstić information content (AvgIpc) is 3.23. The number of rotatable bonds is 6. The largest absolute Gasteiger partial charge is 0.496 e. The highest BCUT2D eigenvalue weighted by Gasteiger charge is 2.32. The number of benzene rings is 1. The topological polar surface area (TPSA) is 68.0 Å². The van der Waals surface area contributed by atoms with Gasteiger partial charge in [0.1, 0.15) is 17.6 Å². The van der Waals surface area contributed by atoms with Gasteiger partial charge in [-0.05, 0) is 25.3 Å². The fourth-order valence-electron chi connectivity index (χ4n) is 4.12. The van der Waals surface area contributed by atoms with E-state index in [4.69, 9.17) is 13.9 Å². The van der Waals surface area contributed by atoms with Crippen LogP contribution in [0.3, 0.4) is 0 Å². The molecule has 2 aliphatic heterocycles. The minimum absolute atomic E-state index is 0.0799. The number of aromatic nitrogens is 1. The molecule has 2 aliphatic rings. The van der Waals surface area contributed by atoms with E-state index in [1.54, 1.807) is 13.3 Å². The third-order valence-electron chi connectivity index (χ3n) is 5.70. The van der Waals surface area contributed by atoms with Crippen LogP contribution >= 0.6 is 0 Å². The standard InChI is InChI=1S/C22H29N3O4/c1-27-20-8-3-2-6-17(20)14-18-15-23-22(29-18)19-7-4-5-9-25(19)21(26)16-24-10-12-28-13-11-24/h2-3,6,8,15,19H,4-5,7,9-14,16H2,1H3. The molecule has 2 saturated heterocycles. The summed E-state index contributed by atoms with van der Waals surface area (Å²) in [5.41, 5.74) is 1.06. The molecule has 29 heavy (non-hydrogen) atoms. The van der Waals surface area contributed by atoms with Crippen LogP contribution in [-0.2, 0) is 16.0 Å². The van der Waals surface area contributed by atoms with Gasteiger partial charge >= 0.3 is 0 Å². The van der Waals surface area contributed by atoms with Crippen LogP contribution in [0, 0.1) is 0 Å². The number of carbonyl (C=O) groups excluding carboxylic acids is 1. The van der Waals surface area contributed by atoms with Crippen molar-refractivity contribution in [2.75, 3.05) is 46.5 Å². The highest BCUT2D eigenvalue weighted by molar-refractivity contribution is 5.78. The number of morpholine rings is 1. The van der Waals surface area contributed by atoms with Crippen molar-refractivity contribution >= 4 is 5.91 Å². The van der Waals surface area contributed by atoms with Gasteiger partial charge in [0.15, 0.2) is 0 Å². The Balaban J connectivity index is 1.45. The Morgan fingerprint density at radius 1 is 1.21 bits per heavy atom. The molecular weight excluding hydrogens is 370 g/mol. The highest BCUT2D eigenvalue weighted by Crippen LogP contribution is 2.31. The molecule has 2 aromatic rings. The summed E-state index contributed by atoms with van der Waals surface area (Å²) < 4.78 is 16.9. The van der Waals surface area contributed by atoms with Gasteiger partial charge in [0.05, 0.1) is 33.1 Å². The molecule has 1 aromatic heterocycles. The average molecular weight is 399 g/mol. The summed E-state index contributed by atoms with van der Waals surface area (Å²) in [6.07, 6.45) is 5.40. The first-order valence-electron chi connectivity index (χ1n) is 10.4. The summed E-state index contributed by atoms with van der Waals surface area (Å²) in [7, 11) is 1.67. The maximum absolute atomic E-state index is 13.0. The van der Waals surface area contributed by atoms with Crippen molar-refractivity contribution in [1.82, 2.24) is 14.8 Å². The molecule has 1 atom stereocenters. The maximum Gasteiger partial charge on any atom is 0.237 e. The van der Waals surface area contributed by atoms with Gasteiger partial charge in [-0.25, -0.2) is 4.98 Å². The molecule has 7 nitrogen and oxygen atoms in total. The lowest BCUT2D eigenvalue weighted by Crippen LogP contribution is -2.47. The Morgan fingerprint density at radius 3 is 2.86 bits per heavy atom. The van der Waals surface area contributed by atoms with E-state index in [1.165, 1.54) is 0 Å². The van der Waals surface area contributed by atoms with Gasteiger partial charge in [-0.15, -0.1) is 0 Å². The Kier molecular flexibility index (Phi) is 6.46. The number of carbonyl (C=O) groups is 1. The number of ether oxygens (including phenoxy) is 2. The van der Waals surface area contributed by atoms with Gasteiger partial charge in [-0.1, -0.05) is 18.2 Å². The zero-order valence-corrected chi connectivity index (χ0v) is 17.0. The van der Waals surface area contributed by atoms with E-state index in [1.807, 2.05) is 29.2 Å². The molecule has 0 saturated carbocycles. The molecule has 0 N–H and O–H groups in total. The van der Waals surface area contributed by atoms with Crippen molar-refractivity contribution < 1.29 is 18.7 Å². The van der Waals surface area contributed by atoms with Crippen molar-refractivity contribution in [2.24, 2.45) is 0 Å². The molecule has 156 valence electrons. The van der Waals surface area contributed by atoms with Crippen molar-refractivity contribution in [3.63, 3.8) is 0 Å². The number of hydrogen-bond acceptors (Lipinski definition) is 6. The van der Waals surface area contributed by atoms with Crippen molar-refractivity contribution in [3.8, 4) is 5.75 Å². The summed E-state index contributed by atoms with van der Waals surface area (Å²) >= 11 is 0. The maximum atomic E-state index is 13.0. The van der Waals surface area contributed by atoms with Crippen molar-refractivity contribution in [1.29, 1.82) is 0 Å². The van der Waals surface area contributed by atoms with E-state index in [-0.39, 0.29) is 11.9 Å². The lowest BCUT2D eigenvalue weighted by molar-refractivity contribution is -0.137. The number of amides is 1. The first-order chi connectivity index (χ1) is 14.2. The minimum Gasteiger partial charge on any atom is -0.496 e. The molecule has 0 bridgehead atoms. The Morgan fingerprint density at radius 2 is 2.03 bits per heavy atom. The lowest BCUT2D eigenvalue weighted by Gasteiger charge is -2.36. The Hall–Kier alpha value is -2.38. The summed E-state index contributed by atoms with van der Waals surface area (Å²) in [6, 6.07) is 7.83. The van der Waals surface area contributed by atoms with Crippen molar-refractivity contribution in [2.45, 2.75) is 31.7 Å². The first kappa shape index (κ1) is 19.9. The number of nitrogens with zero attached hydrogens (tertiary/aromatic N) is 3. The zero-order chi connectivity index (χ0) is 20.1. The highest BCUT2D eigenvalue weighted by atomic mass is 16.5. The SMILES string of the molecule is COc1ccccc1Cc1cnc(C2CCCCN2C(=O)CN2CCOCC2)o1. The van der Waals surface area contributed by atoms with Crippen LogP contribution in [0.5, 0.6) is 5.75 Å². The quantitative estimate of drug-likeness (QED) is 0.744. The van der Waals surface area contributed by atoms with Crippen LogP contribution in [0.25, 0.3) is 0 Å². The van der Waals surface area contributed by atoms with Crippen LogP contribution < -0.4 is 4.74 Å². The molecule has 7 heteroatoms. The van der Waals surface area contributed by atoms with Gasteiger partial charge in [-0.2, -0.15) is 0 Å². The van der Waals surface area contributed by atoms with Gasteiger partial charge < -0.3 is 18.8 Å². The Labute approximate surface area is 171 Å². The molecule has 0 aliphatic carbocycles. The molecule has 1 unspecified atom stereocenters. The van der Waals surface area contributed by atoms with E-state index in [9.17, 15) is 4.79 Å². The molecule has 1 amide bonds. The first-order valence-corrected chi connectivity index (χ1v) is 10.4. The van der Waals surface area contributed by atoms with Crippen LogP contribution in [0.2, 0.25) is 0 Å². The summed E-state index contributed by atoms with van der Waals surface area (Å²) in [5.74, 6) is 2.42. The number of para-hydroxylation sites is 1. The van der Waals surface area contributed by atoms with E-state index in [0.29, 0.717) is 32.1 Å². The van der Waals surface area contributed by atoms with E-state index < -0.39 is 0 Å². The normalized spacial score (nSPS) is 20.6. The lowest BCUT2D eigenvalue weighted by atomic mass is 10.0. The monoisotopic (exact) mass is 399 g/mol. The molecule has 2 fully saturated rings. The van der Waals surface area contributed by atoms with Crippen LogP contribution in [0.4, 0.5) is 0 Å². The summed E-state index contributed by atoms with van der Waals surface area (Å²) in [5, 5.41) is 0. The smallest absolute Gasteiger partial charge is 0.237 e. The predicted molar refractivity (Wildman–Crippen MR) is 108 cm³/mol. The van der Waals surface area contributed by atoms with Crippen LogP contribution in [0.1, 0.15) is 42.5 Å². The molecule has 0 spiro atoms. The van der Waals surface area contributed by atoms with Gasteiger partial charge in [0, 0.05) is 31.6 Å². The second-order valence-corrected chi connectivity index (χ2v) is 7.64. The van der Waals surface area contributed by atoms with Gasteiger partial charge in [0.2, 0.25) is 11.8 Å². The van der Waals surface area contributed by atoms with Crippen LogP contribution in [0.15, 0.2) is 34.9 Å². The molecule has 1 aromatic carbocycles. The number of piperidine rings is 1. The van der Waals surface area contributed by atoms with Crippen LogP contribution in [-0.4, -0.2) is 67.2 Å². The third kappa shape index (κ3) is 4.79. The third-order valence-corrected chi connectivity index (χ3v) is 5.70. The molecule has 4 rings (SSSR count). The Bertz CT molecular complexity index is 816. The number of likely N-dealkylation sites (tertiary alicyclic amines) is 1.